The summed E-state index contributed by atoms with van der Waals surface area (Å²) >= 11 is 0. The number of nitrogens with one attached hydrogen (secondary N) is 2. The number of carbonyl (C=O) groups is 2. The minimum absolute atomic E-state index is 0.0626. The van der Waals surface area contributed by atoms with E-state index in [-0.39, 0.29) is 23.3 Å². The molecule has 0 aromatic rings. The van der Waals surface area contributed by atoms with Crippen molar-refractivity contribution in [2.24, 2.45) is 23.2 Å². The van der Waals surface area contributed by atoms with E-state index in [1.807, 2.05) is 13.8 Å². The molecule has 2 N–H and O–H groups in total. The van der Waals surface area contributed by atoms with Gasteiger partial charge in [-0.2, -0.15) is 0 Å². The zero-order valence-electron chi connectivity index (χ0n) is 14.2. The normalized spacial score (nSPS) is 38.4. The summed E-state index contributed by atoms with van der Waals surface area (Å²) in [6, 6.07) is -0.277. The molecule has 22 heavy (non-hydrogen) atoms. The molecule has 4 saturated carbocycles. The first-order valence-corrected chi connectivity index (χ1v) is 9.03. The molecule has 0 radical (unpaired) electrons. The molecule has 0 aliphatic heterocycles. The Morgan fingerprint density at radius 2 is 1.50 bits per heavy atom. The minimum Gasteiger partial charge on any atom is -0.352 e. The zero-order chi connectivity index (χ0) is 15.9. The summed E-state index contributed by atoms with van der Waals surface area (Å²) in [6.07, 6.45) is 8.03. The second kappa shape index (κ2) is 5.86. The number of hydrogen-bond donors (Lipinski definition) is 2. The van der Waals surface area contributed by atoms with E-state index in [0.717, 1.165) is 43.4 Å². The molecule has 124 valence electrons. The minimum atomic E-state index is -0.436. The van der Waals surface area contributed by atoms with Gasteiger partial charge in [-0.15, -0.1) is 0 Å². The van der Waals surface area contributed by atoms with Crippen LogP contribution in [0.1, 0.15) is 65.7 Å². The molecule has 4 heteroatoms. The lowest BCUT2D eigenvalue weighted by atomic mass is 9.49. The van der Waals surface area contributed by atoms with Gasteiger partial charge in [0, 0.05) is 11.5 Å². The summed E-state index contributed by atoms with van der Waals surface area (Å²) in [7, 11) is 0. The molecule has 0 aromatic carbocycles. The Kier molecular flexibility index (Phi) is 4.21. The largest absolute Gasteiger partial charge is 0.352 e. The molecular formula is C18H30N2O2. The first kappa shape index (κ1) is 15.8. The van der Waals surface area contributed by atoms with E-state index in [2.05, 4.69) is 10.6 Å². The van der Waals surface area contributed by atoms with Crippen molar-refractivity contribution in [2.45, 2.75) is 77.8 Å². The van der Waals surface area contributed by atoms with Gasteiger partial charge in [0.05, 0.1) is 0 Å². The monoisotopic (exact) mass is 306 g/mol. The average Bonchev–Trinajstić information content (AvgIpc) is 2.45. The summed E-state index contributed by atoms with van der Waals surface area (Å²) in [4.78, 5) is 25.0. The summed E-state index contributed by atoms with van der Waals surface area (Å²) in [5.41, 5.74) is -0.167. The van der Waals surface area contributed by atoms with Crippen molar-refractivity contribution in [1.29, 1.82) is 0 Å². The third-order valence-electron chi connectivity index (χ3n) is 6.26. The van der Waals surface area contributed by atoms with Crippen molar-refractivity contribution in [3.63, 3.8) is 0 Å². The molecule has 4 aliphatic rings. The lowest BCUT2D eigenvalue weighted by molar-refractivity contribution is -0.148. The first-order chi connectivity index (χ1) is 10.4. The quantitative estimate of drug-likeness (QED) is 0.820. The predicted molar refractivity (Wildman–Crippen MR) is 86.1 cm³/mol. The maximum atomic E-state index is 12.9. The summed E-state index contributed by atoms with van der Waals surface area (Å²) < 4.78 is 0. The number of carbonyl (C=O) groups excluding carboxylic acids is 2. The van der Waals surface area contributed by atoms with Gasteiger partial charge in [-0.05, 0) is 76.5 Å². The third kappa shape index (κ3) is 2.89. The molecule has 4 nitrogen and oxygen atoms in total. The van der Waals surface area contributed by atoms with Gasteiger partial charge in [0.2, 0.25) is 11.8 Å². The van der Waals surface area contributed by atoms with E-state index >= 15 is 0 Å². The Labute approximate surface area is 133 Å². The highest BCUT2D eigenvalue weighted by Gasteiger charge is 2.54. The molecule has 4 bridgehead atoms. The van der Waals surface area contributed by atoms with Gasteiger partial charge in [0.15, 0.2) is 0 Å². The van der Waals surface area contributed by atoms with Crippen molar-refractivity contribution in [1.82, 2.24) is 10.6 Å². The fourth-order valence-electron chi connectivity index (χ4n) is 5.27. The lowest BCUT2D eigenvalue weighted by Crippen LogP contribution is -2.57. The van der Waals surface area contributed by atoms with Crippen molar-refractivity contribution >= 4 is 11.8 Å². The maximum Gasteiger partial charge on any atom is 0.242 e. The van der Waals surface area contributed by atoms with Gasteiger partial charge >= 0.3 is 0 Å². The lowest BCUT2D eigenvalue weighted by Gasteiger charge is -2.55. The van der Waals surface area contributed by atoms with Crippen LogP contribution in [0.5, 0.6) is 0 Å². The predicted octanol–water partition coefficient (Wildman–Crippen LogP) is 2.62. The molecule has 2 amide bonds. The SMILES string of the molecule is CCC(C)NC(=O)C(C)NC(=O)C12CC3CC(CC(C3)C1)C2. The molecular weight excluding hydrogens is 276 g/mol. The van der Waals surface area contributed by atoms with Crippen LogP contribution in [-0.4, -0.2) is 23.9 Å². The molecule has 2 unspecified atom stereocenters. The maximum absolute atomic E-state index is 12.9. The fraction of sp³-hybridized carbons (Fsp3) is 0.889. The van der Waals surface area contributed by atoms with E-state index in [1.165, 1.54) is 19.3 Å². The second-order valence-corrected chi connectivity index (χ2v) is 8.21. The van der Waals surface area contributed by atoms with Crippen molar-refractivity contribution in [3.05, 3.63) is 0 Å². The summed E-state index contributed by atoms with van der Waals surface area (Å²) in [5.74, 6) is 2.33. The summed E-state index contributed by atoms with van der Waals surface area (Å²) in [6.45, 7) is 5.84. The Bertz CT molecular complexity index is 425. The Morgan fingerprint density at radius 1 is 1.00 bits per heavy atom. The molecule has 0 spiro atoms. The van der Waals surface area contributed by atoms with Gasteiger partial charge in [0.25, 0.3) is 0 Å². The molecule has 2 atom stereocenters. The van der Waals surface area contributed by atoms with Gasteiger partial charge in [-0.3, -0.25) is 9.59 Å². The van der Waals surface area contributed by atoms with Crippen molar-refractivity contribution in [3.8, 4) is 0 Å². The average molecular weight is 306 g/mol. The van der Waals surface area contributed by atoms with Crippen molar-refractivity contribution in [2.75, 3.05) is 0 Å². The Hall–Kier alpha value is -1.06. The van der Waals surface area contributed by atoms with Crippen LogP contribution in [0, 0.1) is 23.2 Å². The van der Waals surface area contributed by atoms with Crippen LogP contribution in [0.3, 0.4) is 0 Å². The second-order valence-electron chi connectivity index (χ2n) is 8.21. The van der Waals surface area contributed by atoms with E-state index in [1.54, 1.807) is 6.92 Å². The van der Waals surface area contributed by atoms with E-state index in [0.29, 0.717) is 0 Å². The number of rotatable bonds is 5. The number of amides is 2. The van der Waals surface area contributed by atoms with Crippen LogP contribution in [0.15, 0.2) is 0 Å². The Morgan fingerprint density at radius 3 is 1.95 bits per heavy atom. The molecule has 0 heterocycles. The van der Waals surface area contributed by atoms with E-state index < -0.39 is 6.04 Å². The zero-order valence-corrected chi connectivity index (χ0v) is 14.2. The highest BCUT2D eigenvalue weighted by molar-refractivity contribution is 5.90. The third-order valence-corrected chi connectivity index (χ3v) is 6.26. The molecule has 0 aromatic heterocycles. The van der Waals surface area contributed by atoms with E-state index in [4.69, 9.17) is 0 Å². The van der Waals surface area contributed by atoms with Crippen molar-refractivity contribution < 1.29 is 9.59 Å². The van der Waals surface area contributed by atoms with Crippen LogP contribution in [-0.2, 0) is 9.59 Å². The van der Waals surface area contributed by atoms with Crippen LogP contribution in [0.4, 0.5) is 0 Å². The van der Waals surface area contributed by atoms with E-state index in [9.17, 15) is 9.59 Å². The van der Waals surface area contributed by atoms with Crippen LogP contribution in [0.25, 0.3) is 0 Å². The molecule has 0 saturated heterocycles. The van der Waals surface area contributed by atoms with Gasteiger partial charge < -0.3 is 10.6 Å². The Balaban J connectivity index is 1.61. The van der Waals surface area contributed by atoms with Gasteiger partial charge in [-0.1, -0.05) is 6.92 Å². The van der Waals surface area contributed by atoms with Gasteiger partial charge in [-0.25, -0.2) is 0 Å². The first-order valence-electron chi connectivity index (χ1n) is 9.03. The van der Waals surface area contributed by atoms with Crippen LogP contribution >= 0.6 is 0 Å². The number of hydrogen-bond acceptors (Lipinski definition) is 2. The van der Waals surface area contributed by atoms with Crippen LogP contribution in [0.2, 0.25) is 0 Å². The van der Waals surface area contributed by atoms with Crippen LogP contribution < -0.4 is 10.6 Å². The highest BCUT2D eigenvalue weighted by Crippen LogP contribution is 2.60. The standard InChI is InChI=1S/C18H30N2O2/c1-4-11(2)19-16(21)12(3)20-17(22)18-8-13-5-14(9-18)7-15(6-13)10-18/h11-15H,4-10H2,1-3H3,(H,19,21)(H,20,22). The van der Waals surface area contributed by atoms with Gasteiger partial charge in [0.1, 0.15) is 6.04 Å². The molecule has 4 aliphatic carbocycles. The molecule has 4 fully saturated rings. The topological polar surface area (TPSA) is 58.2 Å². The summed E-state index contributed by atoms with van der Waals surface area (Å²) in [5, 5.41) is 5.97. The highest BCUT2D eigenvalue weighted by atomic mass is 16.2. The fourth-order valence-corrected chi connectivity index (χ4v) is 5.27. The molecule has 4 rings (SSSR count). The smallest absolute Gasteiger partial charge is 0.242 e.